The van der Waals surface area contributed by atoms with Gasteiger partial charge in [-0.1, -0.05) is 13.8 Å². The lowest BCUT2D eigenvalue weighted by molar-refractivity contribution is -0.191. The molecule has 2 aromatic heterocycles. The lowest BCUT2D eigenvalue weighted by atomic mass is 10.1. The minimum absolute atomic E-state index is 0.178. The average molecular weight is 396 g/mol. The van der Waals surface area contributed by atoms with Gasteiger partial charge in [0.1, 0.15) is 17.6 Å². The lowest BCUT2D eigenvalue weighted by Gasteiger charge is -2.13. The predicted octanol–water partition coefficient (Wildman–Crippen LogP) is 3.18. The molecular formula is C18H19F3N4O3. The van der Waals surface area contributed by atoms with Crippen molar-refractivity contribution in [2.24, 2.45) is 0 Å². The number of nitrogens with zero attached hydrogens (tertiary/aromatic N) is 4. The van der Waals surface area contributed by atoms with Crippen molar-refractivity contribution in [1.82, 2.24) is 14.5 Å². The number of aromatic nitrogens is 3. The normalized spacial score (nSPS) is 10.5. The van der Waals surface area contributed by atoms with Gasteiger partial charge in [-0.15, -0.1) is 0 Å². The fourth-order valence-corrected chi connectivity index (χ4v) is 2.56. The van der Waals surface area contributed by atoms with Gasteiger partial charge in [-0.3, -0.25) is 4.57 Å². The van der Waals surface area contributed by atoms with E-state index in [1.807, 2.05) is 13.8 Å². The number of methoxy groups -OCH3 is 1. The summed E-state index contributed by atoms with van der Waals surface area (Å²) < 4.78 is 44.1. The Bertz CT molecular complexity index is 879. The van der Waals surface area contributed by atoms with Gasteiger partial charge in [0, 0.05) is 19.0 Å². The molecular weight excluding hydrogens is 377 g/mol. The molecule has 0 radical (unpaired) electrons. The highest BCUT2D eigenvalue weighted by Gasteiger charge is 2.27. The topological polar surface area (TPSA) is 97.9 Å². The standard InChI is InChI=1S/C17H19F3N4O.CO2/c1-4-12-13(9-21)24(15(5-2)23-12)16-14(25-3)8-11(10-22-16)6-7-17(18,19)20;2-1-3/h8,10H,4-7H2,1-3H3;. The zero-order chi connectivity index (χ0) is 21.3. The van der Waals surface area contributed by atoms with Crippen LogP contribution in [0.5, 0.6) is 5.75 Å². The summed E-state index contributed by atoms with van der Waals surface area (Å²) in [6, 6.07) is 3.66. The summed E-state index contributed by atoms with van der Waals surface area (Å²) in [4.78, 5) is 25.0. The maximum atomic E-state index is 12.4. The largest absolute Gasteiger partial charge is 0.493 e. The Balaban J connectivity index is 0.00000122. The summed E-state index contributed by atoms with van der Waals surface area (Å²) in [7, 11) is 1.42. The number of hydrogen-bond acceptors (Lipinski definition) is 6. The highest BCUT2D eigenvalue weighted by atomic mass is 19.4. The molecule has 0 aromatic carbocycles. The first-order chi connectivity index (χ1) is 13.3. The van der Waals surface area contributed by atoms with Crippen molar-refractivity contribution in [3.8, 4) is 17.6 Å². The Kier molecular flexibility index (Phi) is 8.35. The molecule has 10 heteroatoms. The highest BCUT2D eigenvalue weighted by molar-refractivity contribution is 5.48. The van der Waals surface area contributed by atoms with Crippen LogP contribution in [0.1, 0.15) is 43.0 Å². The minimum Gasteiger partial charge on any atom is -0.493 e. The quantitative estimate of drug-likeness (QED) is 0.744. The minimum atomic E-state index is -4.23. The predicted molar refractivity (Wildman–Crippen MR) is 90.8 cm³/mol. The smallest absolute Gasteiger partial charge is 0.389 e. The average Bonchev–Trinajstić information content (AvgIpc) is 3.03. The third-order valence-electron chi connectivity index (χ3n) is 3.79. The molecule has 0 aliphatic heterocycles. The van der Waals surface area contributed by atoms with Crippen molar-refractivity contribution in [3.63, 3.8) is 0 Å². The van der Waals surface area contributed by atoms with Crippen LogP contribution in [0.2, 0.25) is 0 Å². The van der Waals surface area contributed by atoms with Crippen LogP contribution in [-0.2, 0) is 28.9 Å². The Morgan fingerprint density at radius 2 is 1.89 bits per heavy atom. The SMILES string of the molecule is CCc1nc(CC)n(-c2ncc(CCC(F)(F)F)cc2OC)c1C#N.O=C=O. The summed E-state index contributed by atoms with van der Waals surface area (Å²) in [5.74, 6) is 1.33. The molecule has 2 aromatic rings. The molecule has 0 aliphatic rings. The van der Waals surface area contributed by atoms with E-state index in [1.165, 1.54) is 19.4 Å². The molecule has 0 saturated heterocycles. The zero-order valence-electron chi connectivity index (χ0n) is 15.6. The van der Waals surface area contributed by atoms with Gasteiger partial charge in [-0.05, 0) is 24.5 Å². The van der Waals surface area contributed by atoms with Crippen LogP contribution in [0.25, 0.3) is 5.82 Å². The van der Waals surface area contributed by atoms with Gasteiger partial charge >= 0.3 is 12.3 Å². The molecule has 0 amide bonds. The van der Waals surface area contributed by atoms with Crippen LogP contribution in [-0.4, -0.2) is 34.0 Å². The van der Waals surface area contributed by atoms with Gasteiger partial charge in [0.25, 0.3) is 0 Å². The molecule has 2 rings (SSSR count). The Morgan fingerprint density at radius 3 is 2.36 bits per heavy atom. The van der Waals surface area contributed by atoms with E-state index in [2.05, 4.69) is 16.0 Å². The Labute approximate surface area is 159 Å². The third-order valence-corrected chi connectivity index (χ3v) is 3.79. The molecule has 150 valence electrons. The number of ether oxygens (including phenoxy) is 1. The molecule has 0 aliphatic carbocycles. The number of hydrogen-bond donors (Lipinski definition) is 0. The molecule has 0 bridgehead atoms. The van der Waals surface area contributed by atoms with Crippen LogP contribution >= 0.6 is 0 Å². The van der Waals surface area contributed by atoms with Crippen molar-refractivity contribution >= 4 is 6.15 Å². The first-order valence-electron chi connectivity index (χ1n) is 8.36. The summed E-state index contributed by atoms with van der Waals surface area (Å²) in [5.41, 5.74) is 1.45. The summed E-state index contributed by atoms with van der Waals surface area (Å²) in [5, 5.41) is 9.49. The fraction of sp³-hybridized carbons (Fsp3) is 0.444. The summed E-state index contributed by atoms with van der Waals surface area (Å²) in [6.45, 7) is 3.81. The van der Waals surface area contributed by atoms with E-state index in [0.29, 0.717) is 47.2 Å². The van der Waals surface area contributed by atoms with Crippen LogP contribution in [0.4, 0.5) is 13.2 Å². The van der Waals surface area contributed by atoms with Crippen LogP contribution < -0.4 is 4.74 Å². The molecule has 0 N–H and O–H groups in total. The number of pyridine rings is 1. The monoisotopic (exact) mass is 396 g/mol. The van der Waals surface area contributed by atoms with Crippen molar-refractivity contribution in [2.75, 3.05) is 7.11 Å². The second kappa shape index (κ2) is 10.2. The molecule has 0 unspecified atom stereocenters. The third kappa shape index (κ3) is 5.66. The van der Waals surface area contributed by atoms with E-state index in [4.69, 9.17) is 14.3 Å². The van der Waals surface area contributed by atoms with E-state index in [1.54, 1.807) is 4.57 Å². The van der Waals surface area contributed by atoms with Gasteiger partial charge < -0.3 is 4.74 Å². The Hall–Kier alpha value is -3.18. The Morgan fingerprint density at radius 1 is 1.25 bits per heavy atom. The maximum absolute atomic E-state index is 12.4. The van der Waals surface area contributed by atoms with Gasteiger partial charge in [0.05, 0.1) is 12.8 Å². The summed E-state index contributed by atoms with van der Waals surface area (Å²) in [6.07, 6.45) is -2.52. The van der Waals surface area contributed by atoms with Crippen LogP contribution in [0.15, 0.2) is 12.3 Å². The number of imidazole rings is 1. The number of aryl methyl sites for hydroxylation is 3. The number of rotatable bonds is 6. The fourth-order valence-electron chi connectivity index (χ4n) is 2.56. The van der Waals surface area contributed by atoms with Crippen molar-refractivity contribution in [3.05, 3.63) is 35.0 Å². The molecule has 0 fully saturated rings. The zero-order valence-corrected chi connectivity index (χ0v) is 15.6. The van der Waals surface area contributed by atoms with Gasteiger partial charge in [0.15, 0.2) is 11.6 Å². The summed E-state index contributed by atoms with van der Waals surface area (Å²) >= 11 is 0. The number of alkyl halides is 3. The van der Waals surface area contributed by atoms with Crippen LogP contribution in [0.3, 0.4) is 0 Å². The number of carbonyl (C=O) groups excluding carboxylic acids is 2. The molecule has 0 atom stereocenters. The van der Waals surface area contributed by atoms with Gasteiger partial charge in [-0.2, -0.15) is 28.0 Å². The second-order valence-corrected chi connectivity index (χ2v) is 5.55. The highest BCUT2D eigenvalue weighted by Crippen LogP contribution is 2.28. The lowest BCUT2D eigenvalue weighted by Crippen LogP contribution is -2.10. The molecule has 2 heterocycles. The first kappa shape index (κ1) is 22.9. The van der Waals surface area contributed by atoms with E-state index in [-0.39, 0.29) is 12.6 Å². The van der Waals surface area contributed by atoms with Crippen LogP contribution in [0, 0.1) is 11.3 Å². The number of nitriles is 1. The molecule has 0 saturated carbocycles. The van der Waals surface area contributed by atoms with Crippen molar-refractivity contribution in [1.29, 1.82) is 5.26 Å². The van der Waals surface area contributed by atoms with E-state index in [9.17, 15) is 18.4 Å². The second-order valence-electron chi connectivity index (χ2n) is 5.55. The van der Waals surface area contributed by atoms with Gasteiger partial charge in [0.2, 0.25) is 0 Å². The van der Waals surface area contributed by atoms with E-state index in [0.717, 1.165) is 0 Å². The molecule has 0 spiro atoms. The molecule has 28 heavy (non-hydrogen) atoms. The van der Waals surface area contributed by atoms with Crippen molar-refractivity contribution in [2.45, 2.75) is 45.7 Å². The van der Waals surface area contributed by atoms with E-state index < -0.39 is 12.6 Å². The first-order valence-corrected chi connectivity index (χ1v) is 8.36. The van der Waals surface area contributed by atoms with Crippen molar-refractivity contribution < 1.29 is 27.5 Å². The molecule has 7 nitrogen and oxygen atoms in total. The maximum Gasteiger partial charge on any atom is 0.389 e. The van der Waals surface area contributed by atoms with E-state index >= 15 is 0 Å². The van der Waals surface area contributed by atoms with Gasteiger partial charge in [-0.25, -0.2) is 9.97 Å². The number of halogens is 3.